The van der Waals surface area contributed by atoms with Gasteiger partial charge in [0.15, 0.2) is 17.9 Å². The lowest BCUT2D eigenvalue weighted by Crippen LogP contribution is -2.29. The van der Waals surface area contributed by atoms with Crippen molar-refractivity contribution in [1.29, 1.82) is 0 Å². The zero-order chi connectivity index (χ0) is 33.9. The van der Waals surface area contributed by atoms with Gasteiger partial charge in [0.25, 0.3) is 0 Å². The molecule has 8 nitrogen and oxygen atoms in total. The molecule has 8 heteroatoms. The molecule has 0 atom stereocenters. The van der Waals surface area contributed by atoms with E-state index in [0.717, 1.165) is 58.6 Å². The van der Waals surface area contributed by atoms with Crippen molar-refractivity contribution in [3.8, 4) is 11.5 Å². The van der Waals surface area contributed by atoms with Crippen LogP contribution in [-0.2, 0) is 24.4 Å². The lowest BCUT2D eigenvalue weighted by molar-refractivity contribution is 0.0600. The Hall–Kier alpha value is -4.98. The normalized spacial score (nSPS) is 15.6. The van der Waals surface area contributed by atoms with E-state index in [4.69, 9.17) is 9.72 Å². The summed E-state index contributed by atoms with van der Waals surface area (Å²) in [6, 6.07) is 15.7. The smallest absolute Gasteiger partial charge is 0.337 e. The molecule has 0 radical (unpaired) electrons. The number of esters is 1. The van der Waals surface area contributed by atoms with Gasteiger partial charge >= 0.3 is 5.97 Å². The van der Waals surface area contributed by atoms with Gasteiger partial charge in [0, 0.05) is 47.9 Å². The molecule has 0 amide bonds. The Morgan fingerprint density at radius 3 is 2.35 bits per heavy atom. The van der Waals surface area contributed by atoms with Crippen LogP contribution in [0.25, 0.3) is 45.6 Å². The first-order valence-electron chi connectivity index (χ1n) is 17.1. The summed E-state index contributed by atoms with van der Waals surface area (Å²) >= 11 is 0. The summed E-state index contributed by atoms with van der Waals surface area (Å²) in [6.07, 6.45) is 12.4. The van der Waals surface area contributed by atoms with Crippen molar-refractivity contribution in [2.45, 2.75) is 79.9 Å². The van der Waals surface area contributed by atoms with Gasteiger partial charge in [0.2, 0.25) is 0 Å². The molecule has 5 aromatic rings. The van der Waals surface area contributed by atoms with E-state index in [9.17, 15) is 14.4 Å². The van der Waals surface area contributed by atoms with E-state index in [-0.39, 0.29) is 13.2 Å². The summed E-state index contributed by atoms with van der Waals surface area (Å²) in [5.41, 5.74) is 5.38. The molecule has 49 heavy (non-hydrogen) atoms. The van der Waals surface area contributed by atoms with Crippen molar-refractivity contribution < 1.29 is 19.1 Å². The Bertz CT molecular complexity index is 2150. The maximum Gasteiger partial charge on any atom is 0.337 e. The van der Waals surface area contributed by atoms with E-state index in [0.29, 0.717) is 35.5 Å². The van der Waals surface area contributed by atoms with Crippen molar-refractivity contribution in [3.63, 3.8) is 0 Å². The average molecular weight is 661 g/mol. The zero-order valence-corrected chi connectivity index (χ0v) is 28.4. The van der Waals surface area contributed by atoms with Crippen molar-refractivity contribution >= 4 is 52.1 Å². The Labute approximate surface area is 288 Å². The van der Waals surface area contributed by atoms with Crippen molar-refractivity contribution in [2.24, 2.45) is 11.8 Å². The SMILES string of the molecule is C.C=C/C=c1/cc(-c2nc3cc(C(=O)OC)cc4c3n2CCC4=O)n(CC2CC2)/c1=C/C.CC.O=Cc1cc2ccccc2n1CC1CC1. The number of aromatic nitrogens is 4. The van der Waals surface area contributed by atoms with Gasteiger partial charge in [-0.3, -0.25) is 9.59 Å². The first-order chi connectivity index (χ1) is 23.4. The highest BCUT2D eigenvalue weighted by Gasteiger charge is 2.29. The van der Waals surface area contributed by atoms with Gasteiger partial charge in [-0.05, 0) is 80.0 Å². The van der Waals surface area contributed by atoms with E-state index >= 15 is 0 Å². The number of nitrogens with zero attached hydrogens (tertiary/aromatic N) is 4. The molecule has 0 unspecified atom stereocenters. The number of allylic oxidation sites excluding steroid dienone is 1. The number of aryl methyl sites for hydroxylation is 1. The van der Waals surface area contributed by atoms with Gasteiger partial charge < -0.3 is 18.4 Å². The average Bonchev–Trinajstić information content (AvgIpc) is 4.02. The number of imidazole rings is 1. The molecule has 8 rings (SSSR count). The van der Waals surface area contributed by atoms with Gasteiger partial charge in [-0.2, -0.15) is 0 Å². The Morgan fingerprint density at radius 2 is 1.71 bits per heavy atom. The number of carbonyl (C=O) groups excluding carboxylic acids is 3. The van der Waals surface area contributed by atoms with Crippen LogP contribution in [0.4, 0.5) is 0 Å². The zero-order valence-electron chi connectivity index (χ0n) is 28.4. The number of hydrogen-bond acceptors (Lipinski definition) is 5. The minimum atomic E-state index is -0.463. The first kappa shape index (κ1) is 35.3. The Kier molecular flexibility index (Phi) is 10.9. The number of rotatable bonds is 8. The van der Waals surface area contributed by atoms with E-state index in [1.165, 1.54) is 43.7 Å². The number of benzene rings is 2. The number of methoxy groups -OCH3 is 1. The first-order valence-corrected chi connectivity index (χ1v) is 17.1. The maximum atomic E-state index is 12.7. The van der Waals surface area contributed by atoms with Crippen LogP contribution in [0.1, 0.15) is 91.5 Å². The summed E-state index contributed by atoms with van der Waals surface area (Å²) in [4.78, 5) is 40.7. The third kappa shape index (κ3) is 6.95. The second-order valence-corrected chi connectivity index (χ2v) is 12.6. The summed E-state index contributed by atoms with van der Waals surface area (Å²) in [7, 11) is 1.34. The number of carbonyl (C=O) groups is 3. The third-order valence-electron chi connectivity index (χ3n) is 9.33. The second-order valence-electron chi connectivity index (χ2n) is 12.6. The van der Waals surface area contributed by atoms with Crippen LogP contribution >= 0.6 is 0 Å². The Morgan fingerprint density at radius 1 is 1.02 bits per heavy atom. The molecule has 0 bridgehead atoms. The molecule has 2 fully saturated rings. The lowest BCUT2D eigenvalue weighted by atomic mass is 10.00. The molecule has 4 heterocycles. The van der Waals surface area contributed by atoms with Crippen LogP contribution in [0.15, 0.2) is 61.2 Å². The fourth-order valence-electron chi connectivity index (χ4n) is 6.68. The highest BCUT2D eigenvalue weighted by atomic mass is 16.5. The molecular weight excluding hydrogens is 612 g/mol. The number of para-hydroxylation sites is 1. The predicted octanol–water partition coefficient (Wildman–Crippen LogP) is 7.58. The standard InChI is InChI=1S/C25H25N3O3.C13H13NO.C2H6.CH4/c1-4-6-16-13-21(28(20(16)5-2)14-15-7-8-15)24-26-19-12-17(25(30)31-3)11-18-22(29)9-10-27(24)23(18)19;15-9-12-7-11-3-1-2-4-13(11)14(12)8-10-5-6-10;1-2;/h4-6,11-13,15H,1,7-10,14H2,2-3H3;1-4,7,9-10H,5-6,8H2;1-2H3;1H4/b16-6-,20-5+;;;. The molecular formula is C41H48N4O4. The monoisotopic (exact) mass is 660 g/mol. The number of Topliss-reactive ketones (excluding diaryl/α,β-unsaturated/α-hetero) is 1. The molecule has 2 aromatic carbocycles. The molecule has 3 aliphatic rings. The van der Waals surface area contributed by atoms with Crippen molar-refractivity contribution in [2.75, 3.05) is 7.11 Å². The fourth-order valence-corrected chi connectivity index (χ4v) is 6.68. The number of aldehydes is 1. The molecule has 2 aliphatic carbocycles. The van der Waals surface area contributed by atoms with Gasteiger partial charge in [0.1, 0.15) is 0 Å². The quantitative estimate of drug-likeness (QED) is 0.127. The summed E-state index contributed by atoms with van der Waals surface area (Å²) < 4.78 is 11.5. The van der Waals surface area contributed by atoms with Crippen LogP contribution in [0.5, 0.6) is 0 Å². The summed E-state index contributed by atoms with van der Waals surface area (Å²) in [6.45, 7) is 12.4. The molecule has 3 aromatic heterocycles. The van der Waals surface area contributed by atoms with Crippen LogP contribution in [0, 0.1) is 11.8 Å². The van der Waals surface area contributed by atoms with E-state index in [1.54, 1.807) is 18.2 Å². The number of ketones is 1. The summed E-state index contributed by atoms with van der Waals surface area (Å²) in [5.74, 6) is 1.88. The number of ether oxygens (including phenoxy) is 1. The van der Waals surface area contributed by atoms with Crippen LogP contribution in [-0.4, -0.2) is 43.8 Å². The maximum absolute atomic E-state index is 12.7. The molecule has 2 saturated carbocycles. The van der Waals surface area contributed by atoms with Crippen molar-refractivity contribution in [3.05, 3.63) is 88.6 Å². The van der Waals surface area contributed by atoms with E-state index < -0.39 is 5.97 Å². The molecule has 0 saturated heterocycles. The van der Waals surface area contributed by atoms with Gasteiger partial charge in [-0.15, -0.1) is 0 Å². The largest absolute Gasteiger partial charge is 0.465 e. The predicted molar refractivity (Wildman–Crippen MR) is 198 cm³/mol. The molecule has 0 spiro atoms. The molecule has 1 aliphatic heterocycles. The summed E-state index contributed by atoms with van der Waals surface area (Å²) in [5, 5.41) is 3.43. The fraction of sp³-hybridized carbons (Fsp3) is 0.366. The van der Waals surface area contributed by atoms with Gasteiger partial charge in [-0.1, -0.05) is 64.3 Å². The lowest BCUT2D eigenvalue weighted by Gasteiger charge is -2.17. The Balaban J connectivity index is 0.000000218. The molecule has 256 valence electrons. The van der Waals surface area contributed by atoms with E-state index in [2.05, 4.69) is 51.5 Å². The third-order valence-corrected chi connectivity index (χ3v) is 9.33. The van der Waals surface area contributed by atoms with Crippen LogP contribution < -0.4 is 10.6 Å². The van der Waals surface area contributed by atoms with Gasteiger partial charge in [-0.25, -0.2) is 9.78 Å². The second kappa shape index (κ2) is 15.1. The highest BCUT2D eigenvalue weighted by Crippen LogP contribution is 2.35. The van der Waals surface area contributed by atoms with Gasteiger partial charge in [0.05, 0.1) is 35.1 Å². The van der Waals surface area contributed by atoms with Crippen LogP contribution in [0.3, 0.4) is 0 Å². The minimum Gasteiger partial charge on any atom is -0.465 e. The number of hydrogen-bond donors (Lipinski definition) is 0. The van der Waals surface area contributed by atoms with Crippen molar-refractivity contribution in [1.82, 2.24) is 18.7 Å². The molecule has 0 N–H and O–H groups in total. The number of fused-ring (bicyclic) bond motifs is 1. The minimum absolute atomic E-state index is 0. The topological polar surface area (TPSA) is 88.1 Å². The van der Waals surface area contributed by atoms with E-state index in [1.807, 2.05) is 38.1 Å². The van der Waals surface area contributed by atoms with Crippen LogP contribution in [0.2, 0.25) is 0 Å². The highest BCUT2D eigenvalue weighted by molar-refractivity contribution is 6.10.